The van der Waals surface area contributed by atoms with Gasteiger partial charge in [-0.2, -0.15) is 0 Å². The van der Waals surface area contributed by atoms with Crippen LogP contribution in [0.1, 0.15) is 12.0 Å². The van der Waals surface area contributed by atoms with Crippen LogP contribution in [0.5, 0.6) is 0 Å². The number of pyridine rings is 1. The molecule has 0 saturated carbocycles. The van der Waals surface area contributed by atoms with Gasteiger partial charge in [0.2, 0.25) is 0 Å². The van der Waals surface area contributed by atoms with Gasteiger partial charge in [0.05, 0.1) is 11.5 Å². The Balaban J connectivity index is 2.07. The van der Waals surface area contributed by atoms with Crippen LogP contribution in [0.4, 0.5) is 0 Å². The van der Waals surface area contributed by atoms with E-state index in [1.807, 2.05) is 6.07 Å². The molecule has 0 spiro atoms. The van der Waals surface area contributed by atoms with Gasteiger partial charge < -0.3 is 4.74 Å². The molecular weight excluding hydrogens is 244 g/mol. The Hall–Kier alpha value is -1.62. The summed E-state index contributed by atoms with van der Waals surface area (Å²) in [7, 11) is 0. The predicted molar refractivity (Wildman–Crippen MR) is 62.1 cm³/mol. The monoisotopic (exact) mass is 254 g/mol. The number of hydrogen-bond donors (Lipinski definition) is 0. The number of aromatic nitrogens is 1. The number of halogens is 1. The maximum absolute atomic E-state index is 10.4. The molecule has 1 unspecified atom stereocenters. The van der Waals surface area contributed by atoms with Crippen molar-refractivity contribution in [2.24, 2.45) is 5.92 Å². The Bertz CT molecular complexity index is 445. The van der Waals surface area contributed by atoms with Crippen molar-refractivity contribution in [1.82, 2.24) is 4.98 Å². The maximum atomic E-state index is 10.4. The number of hydrogen-bond acceptors (Lipinski definition) is 4. The Morgan fingerprint density at radius 1 is 1.65 bits per heavy atom. The Kier molecular flexibility index (Phi) is 3.58. The number of nitrogens with zero attached hydrogens (tertiary/aromatic N) is 2. The first-order valence-electron chi connectivity index (χ1n) is 5.23. The third kappa shape index (κ3) is 3.17. The van der Waals surface area contributed by atoms with Crippen LogP contribution in [0.3, 0.4) is 0 Å². The summed E-state index contributed by atoms with van der Waals surface area (Å²) >= 11 is 5.69. The topological polar surface area (TPSA) is 65.3 Å². The van der Waals surface area contributed by atoms with Crippen molar-refractivity contribution in [2.75, 3.05) is 6.61 Å². The highest BCUT2D eigenvalue weighted by Gasteiger charge is 2.25. The minimum Gasteiger partial charge on any atom is -0.491 e. The van der Waals surface area contributed by atoms with Crippen molar-refractivity contribution in [3.05, 3.63) is 51.1 Å². The van der Waals surface area contributed by atoms with E-state index in [1.165, 1.54) is 0 Å². The molecule has 0 bridgehead atoms. The number of ether oxygens (including phenoxy) is 1. The van der Waals surface area contributed by atoms with E-state index in [-0.39, 0.29) is 5.92 Å². The molecule has 1 saturated heterocycles. The van der Waals surface area contributed by atoms with Crippen LogP contribution in [-0.2, 0) is 11.2 Å². The minimum atomic E-state index is -0.478. The molecule has 1 aromatic heterocycles. The van der Waals surface area contributed by atoms with Gasteiger partial charge in [-0.15, -0.1) is 0 Å². The summed E-state index contributed by atoms with van der Waals surface area (Å²) in [5, 5.41) is 10.9. The Morgan fingerprint density at radius 3 is 3.12 bits per heavy atom. The second-order valence-electron chi connectivity index (χ2n) is 3.84. The van der Waals surface area contributed by atoms with E-state index in [1.54, 1.807) is 12.3 Å². The number of nitro groups is 1. The quantitative estimate of drug-likeness (QED) is 0.472. The average Bonchev–Trinajstić information content (AvgIpc) is 2.68. The molecule has 2 heterocycles. The second kappa shape index (κ2) is 5.14. The normalized spacial score (nSPS) is 21.5. The lowest BCUT2D eigenvalue weighted by atomic mass is 9.98. The molecule has 1 atom stereocenters. The van der Waals surface area contributed by atoms with Gasteiger partial charge >= 0.3 is 0 Å². The van der Waals surface area contributed by atoms with Crippen LogP contribution >= 0.6 is 11.6 Å². The summed E-state index contributed by atoms with van der Waals surface area (Å²) in [6.07, 6.45) is 4.11. The third-order valence-electron chi connectivity index (χ3n) is 2.64. The summed E-state index contributed by atoms with van der Waals surface area (Å²) in [5.41, 5.74) is 0.999. The molecule has 5 nitrogen and oxygen atoms in total. The smallest absolute Gasteiger partial charge is 0.272 e. The fourth-order valence-electron chi connectivity index (χ4n) is 1.84. The van der Waals surface area contributed by atoms with E-state index in [2.05, 4.69) is 4.98 Å². The zero-order valence-electron chi connectivity index (χ0n) is 9.01. The molecule has 1 aliphatic heterocycles. The molecular formula is C11H11ClN2O3. The van der Waals surface area contributed by atoms with Gasteiger partial charge in [0, 0.05) is 12.1 Å². The van der Waals surface area contributed by atoms with E-state index >= 15 is 0 Å². The zero-order valence-corrected chi connectivity index (χ0v) is 9.76. The lowest BCUT2D eigenvalue weighted by Crippen LogP contribution is -2.04. The molecule has 0 radical (unpaired) electrons. The second-order valence-corrected chi connectivity index (χ2v) is 4.23. The largest absolute Gasteiger partial charge is 0.491 e. The first kappa shape index (κ1) is 11.9. The average molecular weight is 255 g/mol. The van der Waals surface area contributed by atoms with Crippen LogP contribution in [0.15, 0.2) is 30.3 Å². The molecule has 0 N–H and O–H groups in total. The van der Waals surface area contributed by atoms with Gasteiger partial charge in [-0.1, -0.05) is 17.7 Å². The summed E-state index contributed by atoms with van der Waals surface area (Å²) in [6, 6.07) is 3.58. The van der Waals surface area contributed by atoms with Crippen molar-refractivity contribution in [1.29, 1.82) is 0 Å². The van der Waals surface area contributed by atoms with Crippen molar-refractivity contribution < 1.29 is 9.66 Å². The summed E-state index contributed by atoms with van der Waals surface area (Å²) < 4.78 is 5.25. The molecule has 90 valence electrons. The van der Waals surface area contributed by atoms with Gasteiger partial charge in [-0.25, -0.2) is 4.98 Å². The fraction of sp³-hybridized carbons (Fsp3) is 0.364. The highest BCUT2D eigenvalue weighted by atomic mass is 35.5. The van der Waals surface area contributed by atoms with Crippen LogP contribution in [0.25, 0.3) is 0 Å². The lowest BCUT2D eigenvalue weighted by molar-refractivity contribution is -0.405. The Labute approximate surface area is 103 Å². The molecule has 1 aromatic rings. The summed E-state index contributed by atoms with van der Waals surface area (Å²) in [4.78, 5) is 13.9. The SMILES string of the molecule is O=[N+]([O-])/C=C1/OCCC1Cc1ccc(Cl)nc1. The molecule has 0 aromatic carbocycles. The van der Waals surface area contributed by atoms with Crippen molar-refractivity contribution in [3.63, 3.8) is 0 Å². The van der Waals surface area contributed by atoms with Crippen LogP contribution in [0, 0.1) is 16.0 Å². The first-order chi connectivity index (χ1) is 8.15. The Morgan fingerprint density at radius 2 is 2.47 bits per heavy atom. The summed E-state index contributed by atoms with van der Waals surface area (Å²) in [5.74, 6) is 0.508. The number of rotatable bonds is 3. The van der Waals surface area contributed by atoms with Crippen molar-refractivity contribution >= 4 is 11.6 Å². The first-order valence-corrected chi connectivity index (χ1v) is 5.61. The van der Waals surface area contributed by atoms with Gasteiger partial charge in [-0.3, -0.25) is 10.1 Å². The predicted octanol–water partition coefficient (Wildman–Crippen LogP) is 2.43. The van der Waals surface area contributed by atoms with E-state index < -0.39 is 4.92 Å². The molecule has 17 heavy (non-hydrogen) atoms. The zero-order chi connectivity index (χ0) is 12.3. The van der Waals surface area contributed by atoms with E-state index in [0.29, 0.717) is 23.9 Å². The summed E-state index contributed by atoms with van der Waals surface area (Å²) in [6.45, 7) is 0.533. The van der Waals surface area contributed by atoms with Crippen LogP contribution in [-0.4, -0.2) is 16.5 Å². The minimum absolute atomic E-state index is 0.0587. The lowest BCUT2D eigenvalue weighted by Gasteiger charge is -2.07. The van der Waals surface area contributed by atoms with Gasteiger partial charge in [0.15, 0.2) is 5.76 Å². The van der Waals surface area contributed by atoms with Gasteiger partial charge in [0.1, 0.15) is 5.15 Å². The molecule has 6 heteroatoms. The van der Waals surface area contributed by atoms with Crippen LogP contribution in [0.2, 0.25) is 5.15 Å². The van der Waals surface area contributed by atoms with Gasteiger partial charge in [0.25, 0.3) is 6.20 Å². The van der Waals surface area contributed by atoms with Crippen molar-refractivity contribution in [2.45, 2.75) is 12.8 Å². The van der Waals surface area contributed by atoms with E-state index in [9.17, 15) is 10.1 Å². The fourth-order valence-corrected chi connectivity index (χ4v) is 1.95. The van der Waals surface area contributed by atoms with Gasteiger partial charge in [-0.05, 0) is 24.5 Å². The van der Waals surface area contributed by atoms with E-state index in [4.69, 9.17) is 16.3 Å². The van der Waals surface area contributed by atoms with Crippen molar-refractivity contribution in [3.8, 4) is 0 Å². The molecule has 0 aliphatic carbocycles. The molecule has 1 fully saturated rings. The highest BCUT2D eigenvalue weighted by Crippen LogP contribution is 2.28. The standard InChI is InChI=1S/C11H11ClN2O3/c12-11-2-1-8(6-13-11)5-9-3-4-17-10(9)7-14(15)16/h1-2,6-7,9H,3-5H2/b10-7+. The number of allylic oxidation sites excluding steroid dienone is 1. The van der Waals surface area contributed by atoms with E-state index in [0.717, 1.165) is 18.2 Å². The molecule has 2 rings (SSSR count). The highest BCUT2D eigenvalue weighted by molar-refractivity contribution is 6.29. The maximum Gasteiger partial charge on any atom is 0.272 e. The molecule has 0 amide bonds. The third-order valence-corrected chi connectivity index (χ3v) is 2.86. The van der Waals surface area contributed by atoms with Crippen LogP contribution < -0.4 is 0 Å². The molecule has 1 aliphatic rings.